The normalized spacial score (nSPS) is 32.1. The largest absolute Gasteiger partial charge is 0.294 e. The Bertz CT molecular complexity index is 540. The first kappa shape index (κ1) is 14.8. The summed E-state index contributed by atoms with van der Waals surface area (Å²) in [5.74, 6) is -0.0835. The topological polar surface area (TPSA) is 34.1 Å². The molecule has 2 saturated heterocycles. The minimum Gasteiger partial charge on any atom is -0.294 e. The molecule has 0 N–H and O–H groups in total. The van der Waals surface area contributed by atoms with E-state index in [1.54, 1.807) is 0 Å². The molecule has 2 bridgehead atoms. The Balaban J connectivity index is 1.75. The summed E-state index contributed by atoms with van der Waals surface area (Å²) < 4.78 is 37.2. The number of halogens is 2. The number of fused-ring (bicyclic) bond motifs is 2. The summed E-state index contributed by atoms with van der Waals surface area (Å²) in [5.41, 5.74) is 0.434. The maximum absolute atomic E-state index is 12.5. The molecule has 2 unspecified atom stereocenters. The number of Topliss-reactive ketones (excluding diaryl/α,β-unsaturated/α-hetero) is 1. The number of rotatable bonds is 3. The highest BCUT2D eigenvalue weighted by molar-refractivity contribution is 7.86. The predicted molar refractivity (Wildman–Crippen MR) is 78.0 cm³/mol. The third kappa shape index (κ3) is 2.93. The Hall–Kier alpha value is -1.10. The van der Waals surface area contributed by atoms with Crippen molar-refractivity contribution in [3.63, 3.8) is 0 Å². The number of ketones is 1. The van der Waals surface area contributed by atoms with Gasteiger partial charge in [-0.25, -0.2) is 8.78 Å². The van der Waals surface area contributed by atoms with Gasteiger partial charge in [0.15, 0.2) is 5.78 Å². The van der Waals surface area contributed by atoms with Crippen molar-refractivity contribution in [1.82, 2.24) is 0 Å². The van der Waals surface area contributed by atoms with E-state index in [9.17, 15) is 17.8 Å². The van der Waals surface area contributed by atoms with Gasteiger partial charge in [-0.2, -0.15) is 0 Å². The summed E-state index contributed by atoms with van der Waals surface area (Å²) >= 11 is 0. The van der Waals surface area contributed by atoms with Gasteiger partial charge in [-0.15, -0.1) is 0 Å². The molecule has 0 aromatic heterocycles. The summed E-state index contributed by atoms with van der Waals surface area (Å²) in [6, 6.07) is 5.62. The zero-order valence-electron chi connectivity index (χ0n) is 11.6. The standard InChI is InChI=1S/C16H18F2O2S/c17-16(18)11-6-4-10(5-7-11)15(19)12-8-13-2-1-3-14(9-12)21(13)20/h4-7,12-14,16H,1-3,8-9H2. The molecule has 0 radical (unpaired) electrons. The average Bonchev–Trinajstić information content (AvgIpc) is 2.46. The van der Waals surface area contributed by atoms with E-state index in [4.69, 9.17) is 0 Å². The summed E-state index contributed by atoms with van der Waals surface area (Å²) in [4.78, 5) is 12.5. The van der Waals surface area contributed by atoms with Gasteiger partial charge in [-0.05, 0) is 25.7 Å². The minimum absolute atomic E-state index is 0.0180. The van der Waals surface area contributed by atoms with Crippen molar-refractivity contribution in [3.05, 3.63) is 35.4 Å². The quantitative estimate of drug-likeness (QED) is 0.794. The Labute approximate surface area is 125 Å². The van der Waals surface area contributed by atoms with E-state index in [1.165, 1.54) is 24.3 Å². The van der Waals surface area contributed by atoms with Gasteiger partial charge in [0.05, 0.1) is 0 Å². The smallest absolute Gasteiger partial charge is 0.263 e. The molecule has 0 amide bonds. The molecule has 2 fully saturated rings. The van der Waals surface area contributed by atoms with Crippen LogP contribution in [-0.4, -0.2) is 20.5 Å². The van der Waals surface area contributed by atoms with Crippen molar-refractivity contribution in [2.24, 2.45) is 5.92 Å². The fourth-order valence-corrected chi connectivity index (χ4v) is 5.66. The minimum atomic E-state index is -2.51. The van der Waals surface area contributed by atoms with Crippen molar-refractivity contribution in [3.8, 4) is 0 Å². The zero-order valence-corrected chi connectivity index (χ0v) is 12.5. The Morgan fingerprint density at radius 2 is 1.67 bits per heavy atom. The van der Waals surface area contributed by atoms with Gasteiger partial charge in [-0.3, -0.25) is 9.00 Å². The molecule has 1 aromatic carbocycles. The van der Waals surface area contributed by atoms with Crippen molar-refractivity contribution >= 4 is 16.6 Å². The summed E-state index contributed by atoms with van der Waals surface area (Å²) in [5, 5.41) is 0.290. The lowest BCUT2D eigenvalue weighted by molar-refractivity contribution is 0.0895. The van der Waals surface area contributed by atoms with Crippen LogP contribution in [0.5, 0.6) is 0 Å². The summed E-state index contributed by atoms with van der Waals surface area (Å²) in [6.07, 6.45) is 1.84. The molecule has 2 atom stereocenters. The van der Waals surface area contributed by atoms with Gasteiger partial charge in [0, 0.05) is 38.3 Å². The van der Waals surface area contributed by atoms with Crippen molar-refractivity contribution in [2.75, 3.05) is 0 Å². The lowest BCUT2D eigenvalue weighted by atomic mass is 9.84. The van der Waals surface area contributed by atoms with Crippen LogP contribution < -0.4 is 0 Å². The zero-order chi connectivity index (χ0) is 15.0. The predicted octanol–water partition coefficient (Wildman–Crippen LogP) is 3.89. The summed E-state index contributed by atoms with van der Waals surface area (Å²) in [6.45, 7) is 0. The average molecular weight is 312 g/mol. The van der Waals surface area contributed by atoms with E-state index >= 15 is 0 Å². The van der Waals surface area contributed by atoms with Crippen LogP contribution in [0.25, 0.3) is 0 Å². The lowest BCUT2D eigenvalue weighted by Gasteiger charge is -2.37. The Morgan fingerprint density at radius 1 is 1.10 bits per heavy atom. The highest BCUT2D eigenvalue weighted by atomic mass is 32.2. The molecule has 114 valence electrons. The maximum Gasteiger partial charge on any atom is 0.263 e. The van der Waals surface area contributed by atoms with E-state index in [0.29, 0.717) is 18.4 Å². The molecule has 21 heavy (non-hydrogen) atoms. The number of alkyl halides is 2. The van der Waals surface area contributed by atoms with Gasteiger partial charge in [-0.1, -0.05) is 30.7 Å². The molecule has 1 aromatic rings. The number of carbonyl (C=O) groups excluding carboxylic acids is 1. The molecule has 3 rings (SSSR count). The Kier molecular flexibility index (Phi) is 4.20. The lowest BCUT2D eigenvalue weighted by Crippen LogP contribution is -2.41. The fraction of sp³-hybridized carbons (Fsp3) is 0.562. The molecule has 0 aliphatic carbocycles. The van der Waals surface area contributed by atoms with E-state index < -0.39 is 17.2 Å². The summed E-state index contributed by atoms with van der Waals surface area (Å²) in [7, 11) is -0.791. The number of hydrogen-bond acceptors (Lipinski definition) is 2. The van der Waals surface area contributed by atoms with Crippen molar-refractivity contribution < 1.29 is 17.8 Å². The van der Waals surface area contributed by atoms with Crippen LogP contribution >= 0.6 is 0 Å². The van der Waals surface area contributed by atoms with E-state index in [1.807, 2.05) is 0 Å². The van der Waals surface area contributed by atoms with Crippen LogP contribution in [0.3, 0.4) is 0 Å². The fourth-order valence-electron chi connectivity index (χ4n) is 3.48. The second-order valence-electron chi connectivity index (χ2n) is 5.96. The van der Waals surface area contributed by atoms with E-state index in [-0.39, 0.29) is 27.8 Å². The second kappa shape index (κ2) is 5.95. The Morgan fingerprint density at radius 3 is 2.19 bits per heavy atom. The van der Waals surface area contributed by atoms with Crippen molar-refractivity contribution in [2.45, 2.75) is 49.0 Å². The molecule has 2 aliphatic rings. The van der Waals surface area contributed by atoms with Gasteiger partial charge < -0.3 is 0 Å². The van der Waals surface area contributed by atoms with Gasteiger partial charge in [0.1, 0.15) is 0 Å². The van der Waals surface area contributed by atoms with Crippen LogP contribution in [0.15, 0.2) is 24.3 Å². The van der Waals surface area contributed by atoms with Gasteiger partial charge in [0.25, 0.3) is 6.43 Å². The first-order valence-corrected chi connectivity index (χ1v) is 8.65. The molecule has 0 spiro atoms. The van der Waals surface area contributed by atoms with Crippen LogP contribution in [0.4, 0.5) is 8.78 Å². The third-order valence-electron chi connectivity index (χ3n) is 4.62. The number of benzene rings is 1. The molecule has 5 heteroatoms. The molecule has 2 heterocycles. The van der Waals surface area contributed by atoms with Gasteiger partial charge >= 0.3 is 0 Å². The highest BCUT2D eigenvalue weighted by Crippen LogP contribution is 2.38. The molecular weight excluding hydrogens is 294 g/mol. The van der Waals surface area contributed by atoms with Gasteiger partial charge in [0.2, 0.25) is 0 Å². The molecular formula is C16H18F2O2S. The molecule has 2 nitrogen and oxygen atoms in total. The van der Waals surface area contributed by atoms with E-state index in [0.717, 1.165) is 19.3 Å². The SMILES string of the molecule is O=C(c1ccc(C(F)F)cc1)C1CC2CCCC(C1)S2=O. The van der Waals surface area contributed by atoms with Crippen LogP contribution in [0.1, 0.15) is 54.5 Å². The van der Waals surface area contributed by atoms with Crippen molar-refractivity contribution in [1.29, 1.82) is 0 Å². The first-order valence-electron chi connectivity index (χ1n) is 7.38. The second-order valence-corrected chi connectivity index (χ2v) is 7.95. The highest BCUT2D eigenvalue weighted by Gasteiger charge is 2.40. The van der Waals surface area contributed by atoms with E-state index in [2.05, 4.69) is 0 Å². The van der Waals surface area contributed by atoms with Crippen LogP contribution in [0.2, 0.25) is 0 Å². The number of hydrogen-bond donors (Lipinski definition) is 0. The van der Waals surface area contributed by atoms with Crippen LogP contribution in [0, 0.1) is 5.92 Å². The third-order valence-corrected chi connectivity index (χ3v) is 6.79. The molecule has 0 saturated carbocycles. The first-order chi connectivity index (χ1) is 10.1. The monoisotopic (exact) mass is 312 g/mol. The van der Waals surface area contributed by atoms with Crippen LogP contribution in [-0.2, 0) is 10.8 Å². The molecule has 2 aliphatic heterocycles. The number of carbonyl (C=O) groups is 1. The maximum atomic E-state index is 12.5.